The van der Waals surface area contributed by atoms with Crippen LogP contribution in [-0.4, -0.2) is 36.7 Å². The van der Waals surface area contributed by atoms with Crippen molar-refractivity contribution in [3.8, 4) is 11.3 Å². The minimum atomic E-state index is -3.56. The van der Waals surface area contributed by atoms with E-state index in [1.54, 1.807) is 41.8 Å². The van der Waals surface area contributed by atoms with Crippen LogP contribution < -0.4 is 5.32 Å². The van der Waals surface area contributed by atoms with Crippen LogP contribution in [0.3, 0.4) is 0 Å². The Morgan fingerprint density at radius 1 is 1.16 bits per heavy atom. The zero-order valence-corrected chi connectivity index (χ0v) is 18.5. The second-order valence-corrected chi connectivity index (χ2v) is 10.3. The van der Waals surface area contributed by atoms with Gasteiger partial charge in [0.1, 0.15) is 5.82 Å². The number of carbonyl (C=O) groups is 1. The SMILES string of the molecule is Cc1ccc(S(=O)(=O)N2CCC(C(=O)Nc3nc(-c4cccc(F)c4)cs3)CC2)cc1. The third-order valence-corrected chi connectivity index (χ3v) is 8.01. The summed E-state index contributed by atoms with van der Waals surface area (Å²) in [6, 6.07) is 12.9. The number of sulfonamides is 1. The number of rotatable bonds is 5. The number of amides is 1. The van der Waals surface area contributed by atoms with Crippen LogP contribution in [0.4, 0.5) is 9.52 Å². The molecule has 1 amide bonds. The molecule has 0 saturated carbocycles. The van der Waals surface area contributed by atoms with Crippen LogP contribution in [-0.2, 0) is 14.8 Å². The minimum Gasteiger partial charge on any atom is -0.302 e. The predicted octanol–water partition coefficient (Wildman–Crippen LogP) is 4.30. The number of hydrogen-bond acceptors (Lipinski definition) is 5. The lowest BCUT2D eigenvalue weighted by atomic mass is 9.97. The van der Waals surface area contributed by atoms with Crippen LogP contribution in [0.15, 0.2) is 58.8 Å². The first-order valence-electron chi connectivity index (χ1n) is 9.92. The molecule has 0 unspecified atom stereocenters. The Balaban J connectivity index is 1.36. The van der Waals surface area contributed by atoms with Crippen molar-refractivity contribution in [1.82, 2.24) is 9.29 Å². The summed E-state index contributed by atoms with van der Waals surface area (Å²) in [4.78, 5) is 17.3. The van der Waals surface area contributed by atoms with Gasteiger partial charge in [0.05, 0.1) is 10.6 Å². The number of thiazole rings is 1. The Bertz CT molecular complexity index is 1180. The van der Waals surface area contributed by atoms with Crippen LogP contribution in [0.25, 0.3) is 11.3 Å². The van der Waals surface area contributed by atoms with Gasteiger partial charge in [0.25, 0.3) is 0 Å². The van der Waals surface area contributed by atoms with Crippen molar-refractivity contribution in [1.29, 1.82) is 0 Å². The average Bonchev–Trinajstić information content (AvgIpc) is 3.23. The van der Waals surface area contributed by atoms with Gasteiger partial charge >= 0.3 is 0 Å². The molecular weight excluding hydrogens is 437 g/mol. The second-order valence-electron chi connectivity index (χ2n) is 7.53. The number of aryl methyl sites for hydroxylation is 1. The molecule has 1 saturated heterocycles. The minimum absolute atomic E-state index is 0.174. The first-order chi connectivity index (χ1) is 14.8. The Labute approximate surface area is 184 Å². The molecule has 0 aliphatic carbocycles. The highest BCUT2D eigenvalue weighted by molar-refractivity contribution is 7.89. The van der Waals surface area contributed by atoms with E-state index >= 15 is 0 Å². The summed E-state index contributed by atoms with van der Waals surface area (Å²) in [7, 11) is -3.56. The van der Waals surface area contributed by atoms with E-state index in [9.17, 15) is 17.6 Å². The third-order valence-electron chi connectivity index (χ3n) is 5.34. The van der Waals surface area contributed by atoms with E-state index < -0.39 is 10.0 Å². The molecule has 1 aliphatic rings. The molecule has 3 aromatic rings. The first-order valence-corrected chi connectivity index (χ1v) is 12.2. The summed E-state index contributed by atoms with van der Waals surface area (Å²) in [5, 5.41) is 5.02. The van der Waals surface area contributed by atoms with Crippen molar-refractivity contribution in [3.05, 3.63) is 65.3 Å². The van der Waals surface area contributed by atoms with Gasteiger partial charge in [-0.25, -0.2) is 17.8 Å². The summed E-state index contributed by atoms with van der Waals surface area (Å²) in [5.74, 6) is -0.804. The Hall–Kier alpha value is -2.62. The molecule has 0 radical (unpaired) electrons. The second kappa shape index (κ2) is 8.86. The molecule has 1 aliphatic heterocycles. The highest BCUT2D eigenvalue weighted by Crippen LogP contribution is 2.28. The van der Waals surface area contributed by atoms with E-state index in [1.807, 2.05) is 6.92 Å². The number of nitrogens with zero attached hydrogens (tertiary/aromatic N) is 2. The van der Waals surface area contributed by atoms with Gasteiger partial charge in [0.2, 0.25) is 15.9 Å². The van der Waals surface area contributed by atoms with Crippen molar-refractivity contribution in [3.63, 3.8) is 0 Å². The van der Waals surface area contributed by atoms with Crippen LogP contribution >= 0.6 is 11.3 Å². The van der Waals surface area contributed by atoms with E-state index in [4.69, 9.17) is 0 Å². The molecule has 4 rings (SSSR count). The number of anilines is 1. The normalized spacial score (nSPS) is 15.7. The molecule has 9 heteroatoms. The zero-order chi connectivity index (χ0) is 22.0. The topological polar surface area (TPSA) is 79.4 Å². The molecule has 6 nitrogen and oxygen atoms in total. The quantitative estimate of drug-likeness (QED) is 0.617. The summed E-state index contributed by atoms with van der Waals surface area (Å²) >= 11 is 1.27. The Morgan fingerprint density at radius 3 is 2.55 bits per heavy atom. The number of benzene rings is 2. The molecule has 31 heavy (non-hydrogen) atoms. The fraction of sp³-hybridized carbons (Fsp3) is 0.273. The van der Waals surface area contributed by atoms with E-state index in [0.717, 1.165) is 5.56 Å². The molecule has 0 atom stereocenters. The maximum atomic E-state index is 13.4. The van der Waals surface area contributed by atoms with E-state index in [0.29, 0.717) is 42.3 Å². The number of carbonyl (C=O) groups excluding carboxylic acids is 1. The van der Waals surface area contributed by atoms with Crippen molar-refractivity contribution in [2.24, 2.45) is 5.92 Å². The number of nitrogens with one attached hydrogen (secondary N) is 1. The van der Waals surface area contributed by atoms with Gasteiger partial charge in [-0.05, 0) is 44.0 Å². The van der Waals surface area contributed by atoms with E-state index in [1.165, 1.54) is 27.8 Å². The van der Waals surface area contributed by atoms with Gasteiger partial charge < -0.3 is 5.32 Å². The van der Waals surface area contributed by atoms with Gasteiger partial charge in [-0.15, -0.1) is 11.3 Å². The zero-order valence-electron chi connectivity index (χ0n) is 16.9. The molecule has 2 aromatic carbocycles. The van der Waals surface area contributed by atoms with E-state index in [-0.39, 0.29) is 22.5 Å². The van der Waals surface area contributed by atoms with Gasteiger partial charge in [0, 0.05) is 30.0 Å². The van der Waals surface area contributed by atoms with Crippen molar-refractivity contribution in [2.45, 2.75) is 24.7 Å². The summed E-state index contributed by atoms with van der Waals surface area (Å²) in [6.45, 7) is 2.49. The first kappa shape index (κ1) is 21.6. The van der Waals surface area contributed by atoms with Crippen molar-refractivity contribution < 1.29 is 17.6 Å². The molecule has 0 bridgehead atoms. The molecular formula is C22H22FN3O3S2. The predicted molar refractivity (Wildman–Crippen MR) is 119 cm³/mol. The monoisotopic (exact) mass is 459 g/mol. The fourth-order valence-electron chi connectivity index (χ4n) is 3.54. The molecule has 0 spiro atoms. The summed E-state index contributed by atoms with van der Waals surface area (Å²) < 4.78 is 40.5. The molecule has 162 valence electrons. The maximum absolute atomic E-state index is 13.4. The molecule has 2 heterocycles. The van der Waals surface area contributed by atoms with Crippen LogP contribution in [0.2, 0.25) is 0 Å². The van der Waals surface area contributed by atoms with Crippen molar-refractivity contribution in [2.75, 3.05) is 18.4 Å². The molecule has 1 aromatic heterocycles. The van der Waals surface area contributed by atoms with Crippen LogP contribution in [0, 0.1) is 18.7 Å². The van der Waals surface area contributed by atoms with Crippen LogP contribution in [0.5, 0.6) is 0 Å². The number of piperidine rings is 1. The number of hydrogen-bond donors (Lipinski definition) is 1. The Kier molecular flexibility index (Phi) is 6.17. The van der Waals surface area contributed by atoms with Gasteiger partial charge in [-0.1, -0.05) is 29.8 Å². The average molecular weight is 460 g/mol. The van der Waals surface area contributed by atoms with Gasteiger partial charge in [-0.3, -0.25) is 4.79 Å². The molecule has 1 N–H and O–H groups in total. The van der Waals surface area contributed by atoms with Crippen molar-refractivity contribution >= 4 is 32.4 Å². The summed E-state index contributed by atoms with van der Waals surface area (Å²) in [5.41, 5.74) is 2.24. The highest BCUT2D eigenvalue weighted by atomic mass is 32.2. The number of halogens is 1. The lowest BCUT2D eigenvalue weighted by Crippen LogP contribution is -2.41. The lowest BCUT2D eigenvalue weighted by Gasteiger charge is -2.30. The van der Waals surface area contributed by atoms with Crippen LogP contribution in [0.1, 0.15) is 18.4 Å². The van der Waals surface area contributed by atoms with Gasteiger partial charge in [-0.2, -0.15) is 4.31 Å². The Morgan fingerprint density at radius 2 is 1.87 bits per heavy atom. The largest absolute Gasteiger partial charge is 0.302 e. The molecule has 1 fully saturated rings. The van der Waals surface area contributed by atoms with E-state index in [2.05, 4.69) is 10.3 Å². The van der Waals surface area contributed by atoms with Gasteiger partial charge in [0.15, 0.2) is 5.13 Å². The smallest absolute Gasteiger partial charge is 0.243 e. The number of aromatic nitrogens is 1. The highest BCUT2D eigenvalue weighted by Gasteiger charge is 2.32. The summed E-state index contributed by atoms with van der Waals surface area (Å²) in [6.07, 6.45) is 0.887. The third kappa shape index (κ3) is 4.84. The fourth-order valence-corrected chi connectivity index (χ4v) is 5.73. The standard InChI is InChI=1S/C22H22FN3O3S2/c1-15-5-7-19(8-6-15)31(28,29)26-11-9-16(10-12-26)21(27)25-22-24-20(14-30-22)17-3-2-4-18(23)13-17/h2-8,13-14,16H,9-12H2,1H3,(H,24,25,27). The lowest BCUT2D eigenvalue weighted by molar-refractivity contribution is -0.120. The maximum Gasteiger partial charge on any atom is 0.243 e.